The maximum Gasteiger partial charge on any atom is 0.128 e. The van der Waals surface area contributed by atoms with Gasteiger partial charge in [-0.15, -0.1) is 0 Å². The van der Waals surface area contributed by atoms with Crippen molar-refractivity contribution in [3.8, 4) is 0 Å². The number of aryl methyl sites for hydroxylation is 2. The highest BCUT2D eigenvalue weighted by molar-refractivity contribution is 5.27. The average molecular weight is 233 g/mol. The van der Waals surface area contributed by atoms with Crippen LogP contribution in [0.4, 0.5) is 0 Å². The van der Waals surface area contributed by atoms with E-state index in [1.165, 1.54) is 11.3 Å². The molecule has 0 fully saturated rings. The van der Waals surface area contributed by atoms with Gasteiger partial charge in [-0.2, -0.15) is 0 Å². The van der Waals surface area contributed by atoms with Crippen LogP contribution in [0.5, 0.6) is 0 Å². The van der Waals surface area contributed by atoms with E-state index < -0.39 is 0 Å². The normalized spacial score (nSPS) is 15.8. The van der Waals surface area contributed by atoms with Gasteiger partial charge >= 0.3 is 0 Å². The zero-order valence-corrected chi connectivity index (χ0v) is 11.4. The summed E-state index contributed by atoms with van der Waals surface area (Å²) < 4.78 is 0. The highest BCUT2D eigenvalue weighted by Crippen LogP contribution is 2.21. The van der Waals surface area contributed by atoms with Crippen molar-refractivity contribution in [3.05, 3.63) is 22.8 Å². The Labute approximate surface area is 104 Å². The highest BCUT2D eigenvalue weighted by Gasteiger charge is 2.16. The van der Waals surface area contributed by atoms with Crippen molar-refractivity contribution < 1.29 is 0 Å². The van der Waals surface area contributed by atoms with Gasteiger partial charge in [0, 0.05) is 37.2 Å². The molecule has 1 aliphatic heterocycles. The molecule has 0 atom stereocenters. The van der Waals surface area contributed by atoms with Gasteiger partial charge in [-0.1, -0.05) is 20.8 Å². The lowest BCUT2D eigenvalue weighted by atomic mass is 9.90. The summed E-state index contributed by atoms with van der Waals surface area (Å²) in [7, 11) is 0. The van der Waals surface area contributed by atoms with Crippen LogP contribution in [0, 0.1) is 12.3 Å². The summed E-state index contributed by atoms with van der Waals surface area (Å²) in [5.74, 6) is 1.03. The molecule has 0 aliphatic carbocycles. The molecule has 0 amide bonds. The zero-order valence-electron chi connectivity index (χ0n) is 11.4. The molecule has 1 N–H and O–H groups in total. The molecule has 17 heavy (non-hydrogen) atoms. The molecule has 0 bridgehead atoms. The van der Waals surface area contributed by atoms with E-state index in [0.29, 0.717) is 5.41 Å². The first-order valence-corrected chi connectivity index (χ1v) is 6.52. The molecule has 0 unspecified atom stereocenters. The van der Waals surface area contributed by atoms with Crippen LogP contribution in [0.25, 0.3) is 0 Å². The van der Waals surface area contributed by atoms with Crippen molar-refractivity contribution in [3.63, 3.8) is 0 Å². The van der Waals surface area contributed by atoms with Crippen molar-refractivity contribution in [1.82, 2.24) is 15.3 Å². The molecular formula is C14H23N3. The third-order valence-electron chi connectivity index (χ3n) is 3.28. The van der Waals surface area contributed by atoms with E-state index in [1.807, 2.05) is 0 Å². The van der Waals surface area contributed by atoms with Crippen LogP contribution in [0.2, 0.25) is 0 Å². The fraction of sp³-hybridized carbons (Fsp3) is 0.714. The molecule has 1 aliphatic rings. The second-order valence-corrected chi connectivity index (χ2v) is 6.14. The molecule has 3 nitrogen and oxygen atoms in total. The second kappa shape index (κ2) is 4.73. The van der Waals surface area contributed by atoms with Crippen molar-refractivity contribution in [2.24, 2.45) is 5.41 Å². The second-order valence-electron chi connectivity index (χ2n) is 6.14. The van der Waals surface area contributed by atoms with E-state index in [2.05, 4.69) is 38.0 Å². The summed E-state index contributed by atoms with van der Waals surface area (Å²) in [5, 5.41) is 3.38. The number of fused-ring (bicyclic) bond motifs is 1. The van der Waals surface area contributed by atoms with Crippen LogP contribution in [-0.4, -0.2) is 16.5 Å². The quantitative estimate of drug-likeness (QED) is 0.852. The standard InChI is InChI=1S/C14H23N3/c1-10-11-9-15-8-6-12(11)17-13(16-10)5-7-14(2,3)4/h15H,5-9H2,1-4H3. The lowest BCUT2D eigenvalue weighted by Crippen LogP contribution is -2.26. The molecule has 94 valence electrons. The Morgan fingerprint density at radius 2 is 2.00 bits per heavy atom. The topological polar surface area (TPSA) is 37.8 Å². The van der Waals surface area contributed by atoms with Crippen molar-refractivity contribution in [1.29, 1.82) is 0 Å². The Balaban J connectivity index is 2.16. The van der Waals surface area contributed by atoms with E-state index in [0.717, 1.165) is 43.9 Å². The van der Waals surface area contributed by atoms with E-state index in [4.69, 9.17) is 4.98 Å². The zero-order chi connectivity index (χ0) is 12.5. The molecule has 2 rings (SSSR count). The number of rotatable bonds is 2. The summed E-state index contributed by atoms with van der Waals surface area (Å²) in [6.45, 7) is 10.9. The van der Waals surface area contributed by atoms with Gasteiger partial charge in [-0.3, -0.25) is 0 Å². The van der Waals surface area contributed by atoms with E-state index in [9.17, 15) is 0 Å². The molecule has 2 heterocycles. The minimum absolute atomic E-state index is 0.356. The Morgan fingerprint density at radius 3 is 2.71 bits per heavy atom. The average Bonchev–Trinajstić information content (AvgIpc) is 2.26. The Bertz CT molecular complexity index is 405. The third kappa shape index (κ3) is 3.25. The van der Waals surface area contributed by atoms with Gasteiger partial charge in [0.05, 0.1) is 5.69 Å². The summed E-state index contributed by atoms with van der Waals surface area (Å²) in [6.07, 6.45) is 3.18. The minimum Gasteiger partial charge on any atom is -0.312 e. The fourth-order valence-electron chi connectivity index (χ4n) is 2.17. The van der Waals surface area contributed by atoms with Gasteiger partial charge in [0.25, 0.3) is 0 Å². The number of hydrogen-bond acceptors (Lipinski definition) is 3. The SMILES string of the molecule is Cc1nc(CCC(C)(C)C)nc2c1CNCC2. The lowest BCUT2D eigenvalue weighted by Gasteiger charge is -2.20. The molecule has 0 spiro atoms. The molecular weight excluding hydrogens is 210 g/mol. The number of hydrogen-bond donors (Lipinski definition) is 1. The summed E-state index contributed by atoms with van der Waals surface area (Å²) in [4.78, 5) is 9.36. The van der Waals surface area contributed by atoms with Crippen LogP contribution in [0.1, 0.15) is 50.0 Å². The molecule has 0 radical (unpaired) electrons. The number of nitrogens with zero attached hydrogens (tertiary/aromatic N) is 2. The van der Waals surface area contributed by atoms with Gasteiger partial charge in [0.1, 0.15) is 5.82 Å². The Hall–Kier alpha value is -0.960. The molecule has 0 aromatic carbocycles. The molecule has 1 aromatic heterocycles. The molecule has 3 heteroatoms. The van der Waals surface area contributed by atoms with Crippen LogP contribution < -0.4 is 5.32 Å². The molecule has 0 saturated heterocycles. The number of nitrogens with one attached hydrogen (secondary N) is 1. The fourth-order valence-corrected chi connectivity index (χ4v) is 2.17. The summed E-state index contributed by atoms with van der Waals surface area (Å²) >= 11 is 0. The van der Waals surface area contributed by atoms with Gasteiger partial charge in [0.2, 0.25) is 0 Å². The lowest BCUT2D eigenvalue weighted by molar-refractivity contribution is 0.373. The van der Waals surface area contributed by atoms with Crippen molar-refractivity contribution >= 4 is 0 Å². The third-order valence-corrected chi connectivity index (χ3v) is 3.28. The van der Waals surface area contributed by atoms with Gasteiger partial charge in [0.15, 0.2) is 0 Å². The maximum absolute atomic E-state index is 4.73. The molecule has 1 aromatic rings. The van der Waals surface area contributed by atoms with Crippen LogP contribution >= 0.6 is 0 Å². The van der Waals surface area contributed by atoms with Crippen molar-refractivity contribution in [2.45, 2.75) is 53.5 Å². The molecule has 0 saturated carbocycles. The highest BCUT2D eigenvalue weighted by atomic mass is 14.9. The predicted molar refractivity (Wildman–Crippen MR) is 70.0 cm³/mol. The first kappa shape index (κ1) is 12.5. The van der Waals surface area contributed by atoms with E-state index in [1.54, 1.807) is 0 Å². The summed E-state index contributed by atoms with van der Waals surface area (Å²) in [5.41, 5.74) is 4.09. The summed E-state index contributed by atoms with van der Waals surface area (Å²) in [6, 6.07) is 0. The Morgan fingerprint density at radius 1 is 1.24 bits per heavy atom. The monoisotopic (exact) mass is 233 g/mol. The minimum atomic E-state index is 0.356. The van der Waals surface area contributed by atoms with Crippen LogP contribution in [0.15, 0.2) is 0 Å². The van der Waals surface area contributed by atoms with E-state index >= 15 is 0 Å². The maximum atomic E-state index is 4.73. The Kier molecular flexibility index (Phi) is 3.48. The number of aromatic nitrogens is 2. The van der Waals surface area contributed by atoms with Gasteiger partial charge in [-0.25, -0.2) is 9.97 Å². The van der Waals surface area contributed by atoms with Gasteiger partial charge < -0.3 is 5.32 Å². The predicted octanol–water partition coefficient (Wildman–Crippen LogP) is 2.41. The first-order valence-electron chi connectivity index (χ1n) is 6.52. The van der Waals surface area contributed by atoms with Crippen LogP contribution in [0.3, 0.4) is 0 Å². The first-order chi connectivity index (χ1) is 7.96. The largest absolute Gasteiger partial charge is 0.312 e. The van der Waals surface area contributed by atoms with Crippen molar-refractivity contribution in [2.75, 3.05) is 6.54 Å². The smallest absolute Gasteiger partial charge is 0.128 e. The van der Waals surface area contributed by atoms with Crippen LogP contribution in [-0.2, 0) is 19.4 Å². The van der Waals surface area contributed by atoms with Gasteiger partial charge in [-0.05, 0) is 18.8 Å². The van der Waals surface area contributed by atoms with E-state index in [-0.39, 0.29) is 0 Å².